The minimum absolute atomic E-state index is 0. The lowest BCUT2D eigenvalue weighted by Gasteiger charge is -2.35. The highest BCUT2D eigenvalue weighted by atomic mass is 35.5. The molecule has 1 aliphatic heterocycles. The number of nitrogens with two attached hydrogens (primary N) is 1. The molecule has 1 saturated heterocycles. The first-order chi connectivity index (χ1) is 12.3. The van der Waals surface area contributed by atoms with Crippen molar-refractivity contribution in [1.29, 1.82) is 0 Å². The van der Waals surface area contributed by atoms with Crippen LogP contribution in [-0.4, -0.2) is 67.8 Å². The molecule has 0 aliphatic carbocycles. The van der Waals surface area contributed by atoms with Gasteiger partial charge in [0.05, 0.1) is 0 Å². The van der Waals surface area contributed by atoms with Crippen molar-refractivity contribution in [3.8, 4) is 0 Å². The number of rotatable bonds is 8. The summed E-state index contributed by atoms with van der Waals surface area (Å²) in [7, 11) is 0. The monoisotopic (exact) mass is 409 g/mol. The topological polar surface area (TPSA) is 58.8 Å². The SMILES string of the molecule is Cl.NC(CC(=O)N1CCN(CCCOCC(F)(F)F)CC1)c1ccccc1. The van der Waals surface area contributed by atoms with E-state index in [1.807, 2.05) is 30.3 Å². The summed E-state index contributed by atoms with van der Waals surface area (Å²) in [5.74, 6) is 0.0366. The fourth-order valence-electron chi connectivity index (χ4n) is 2.93. The van der Waals surface area contributed by atoms with Crippen molar-refractivity contribution in [2.45, 2.75) is 25.1 Å². The van der Waals surface area contributed by atoms with Gasteiger partial charge in [0, 0.05) is 51.8 Å². The zero-order chi connectivity index (χ0) is 19.0. The molecule has 1 aromatic carbocycles. The Labute approximate surface area is 164 Å². The van der Waals surface area contributed by atoms with Crippen LogP contribution in [0.25, 0.3) is 0 Å². The Bertz CT molecular complexity index is 553. The van der Waals surface area contributed by atoms with Crippen molar-refractivity contribution in [2.24, 2.45) is 5.73 Å². The standard InChI is InChI=1S/C18H26F3N3O2.ClH/c19-18(20,21)14-26-12-4-7-23-8-10-24(11-9-23)17(25)13-16(22)15-5-2-1-3-6-15;/h1-3,5-6,16H,4,7-14,22H2;1H. The second-order valence-electron chi connectivity index (χ2n) is 6.47. The van der Waals surface area contributed by atoms with Gasteiger partial charge in [-0.1, -0.05) is 30.3 Å². The van der Waals surface area contributed by atoms with E-state index >= 15 is 0 Å². The fourth-order valence-corrected chi connectivity index (χ4v) is 2.93. The van der Waals surface area contributed by atoms with Gasteiger partial charge in [-0.25, -0.2) is 0 Å². The molecule has 5 nitrogen and oxygen atoms in total. The van der Waals surface area contributed by atoms with E-state index in [4.69, 9.17) is 5.73 Å². The van der Waals surface area contributed by atoms with Crippen LogP contribution in [0, 0.1) is 0 Å². The highest BCUT2D eigenvalue weighted by Gasteiger charge is 2.27. The number of carbonyl (C=O) groups is 1. The van der Waals surface area contributed by atoms with Crippen LogP contribution in [0.4, 0.5) is 13.2 Å². The van der Waals surface area contributed by atoms with E-state index in [1.165, 1.54) is 0 Å². The molecule has 27 heavy (non-hydrogen) atoms. The number of benzene rings is 1. The van der Waals surface area contributed by atoms with Crippen LogP contribution in [-0.2, 0) is 9.53 Å². The molecule has 0 spiro atoms. The Kier molecular flexibility index (Phi) is 10.1. The summed E-state index contributed by atoms with van der Waals surface area (Å²) in [6.45, 7) is 2.22. The number of hydrogen-bond acceptors (Lipinski definition) is 4. The van der Waals surface area contributed by atoms with Gasteiger partial charge in [0.25, 0.3) is 0 Å². The highest BCUT2D eigenvalue weighted by molar-refractivity contribution is 5.85. The van der Waals surface area contributed by atoms with Gasteiger partial charge in [-0.05, 0) is 12.0 Å². The zero-order valence-corrected chi connectivity index (χ0v) is 16.0. The molecule has 1 unspecified atom stereocenters. The molecule has 9 heteroatoms. The second kappa shape index (κ2) is 11.5. The first kappa shape index (κ1) is 23.7. The van der Waals surface area contributed by atoms with Crippen LogP contribution < -0.4 is 5.73 Å². The molecule has 1 aliphatic rings. The lowest BCUT2D eigenvalue weighted by atomic mass is 10.0. The molecule has 1 heterocycles. The van der Waals surface area contributed by atoms with Crippen molar-refractivity contribution in [3.05, 3.63) is 35.9 Å². The largest absolute Gasteiger partial charge is 0.411 e. The first-order valence-electron chi connectivity index (χ1n) is 8.80. The smallest absolute Gasteiger partial charge is 0.372 e. The van der Waals surface area contributed by atoms with E-state index in [1.54, 1.807) is 4.90 Å². The van der Waals surface area contributed by atoms with Gasteiger partial charge in [0.15, 0.2) is 0 Å². The molecule has 0 bridgehead atoms. The van der Waals surface area contributed by atoms with Gasteiger partial charge in [-0.3, -0.25) is 9.69 Å². The summed E-state index contributed by atoms with van der Waals surface area (Å²) < 4.78 is 40.5. The van der Waals surface area contributed by atoms with Gasteiger partial charge in [-0.15, -0.1) is 12.4 Å². The van der Waals surface area contributed by atoms with E-state index in [9.17, 15) is 18.0 Å². The Morgan fingerprint density at radius 3 is 2.37 bits per heavy atom. The van der Waals surface area contributed by atoms with Crippen molar-refractivity contribution in [2.75, 3.05) is 45.9 Å². The van der Waals surface area contributed by atoms with Crippen LogP contribution in [0.3, 0.4) is 0 Å². The Morgan fingerprint density at radius 1 is 1.15 bits per heavy atom. The maximum atomic E-state index is 12.4. The Balaban J connectivity index is 0.00000364. The molecule has 0 saturated carbocycles. The second-order valence-corrected chi connectivity index (χ2v) is 6.47. The Hall–Kier alpha value is -1.35. The van der Waals surface area contributed by atoms with Gasteiger partial charge in [-0.2, -0.15) is 13.2 Å². The number of halogens is 4. The van der Waals surface area contributed by atoms with Crippen LogP contribution in [0.2, 0.25) is 0 Å². The summed E-state index contributed by atoms with van der Waals surface area (Å²) in [5.41, 5.74) is 7.05. The number of nitrogens with zero attached hydrogens (tertiary/aromatic N) is 2. The van der Waals surface area contributed by atoms with E-state index in [2.05, 4.69) is 9.64 Å². The van der Waals surface area contributed by atoms with E-state index in [0.29, 0.717) is 39.1 Å². The number of alkyl halides is 3. The van der Waals surface area contributed by atoms with E-state index in [-0.39, 0.29) is 37.4 Å². The zero-order valence-electron chi connectivity index (χ0n) is 15.2. The van der Waals surface area contributed by atoms with E-state index in [0.717, 1.165) is 5.56 Å². The minimum Gasteiger partial charge on any atom is -0.372 e. The molecular formula is C18H27ClF3N3O2. The molecule has 2 rings (SSSR count). The molecule has 2 N–H and O–H groups in total. The lowest BCUT2D eigenvalue weighted by molar-refractivity contribution is -0.174. The highest BCUT2D eigenvalue weighted by Crippen LogP contribution is 2.16. The molecule has 1 fully saturated rings. The predicted octanol–water partition coefficient (Wildman–Crippen LogP) is 2.61. The average Bonchev–Trinajstić information content (AvgIpc) is 2.61. The van der Waals surface area contributed by atoms with Gasteiger partial charge < -0.3 is 15.4 Å². The summed E-state index contributed by atoms with van der Waals surface area (Å²) >= 11 is 0. The minimum atomic E-state index is -4.27. The molecule has 1 atom stereocenters. The lowest BCUT2D eigenvalue weighted by Crippen LogP contribution is -2.49. The molecule has 1 amide bonds. The van der Waals surface area contributed by atoms with Gasteiger partial charge in [0.2, 0.25) is 5.91 Å². The number of carbonyl (C=O) groups excluding carboxylic acids is 1. The quantitative estimate of drug-likeness (QED) is 0.670. The molecular weight excluding hydrogens is 383 g/mol. The van der Waals surface area contributed by atoms with Gasteiger partial charge >= 0.3 is 6.18 Å². The fraction of sp³-hybridized carbons (Fsp3) is 0.611. The molecule has 1 aromatic rings. The number of amides is 1. The van der Waals surface area contributed by atoms with Gasteiger partial charge in [0.1, 0.15) is 6.61 Å². The van der Waals surface area contributed by atoms with Crippen LogP contribution in [0.5, 0.6) is 0 Å². The third-order valence-corrected chi connectivity index (χ3v) is 4.38. The number of hydrogen-bond donors (Lipinski definition) is 1. The summed E-state index contributed by atoms with van der Waals surface area (Å²) in [5, 5.41) is 0. The number of piperazine rings is 1. The van der Waals surface area contributed by atoms with Crippen LogP contribution in [0.1, 0.15) is 24.4 Å². The average molecular weight is 410 g/mol. The normalized spacial score (nSPS) is 16.7. The maximum Gasteiger partial charge on any atom is 0.411 e. The third kappa shape index (κ3) is 8.92. The van der Waals surface area contributed by atoms with Crippen molar-refractivity contribution < 1.29 is 22.7 Å². The number of ether oxygens (including phenoxy) is 1. The summed E-state index contributed by atoms with van der Waals surface area (Å²) in [6.07, 6.45) is -3.45. The third-order valence-electron chi connectivity index (χ3n) is 4.38. The molecule has 0 aromatic heterocycles. The Morgan fingerprint density at radius 2 is 1.78 bits per heavy atom. The van der Waals surface area contributed by atoms with Crippen molar-refractivity contribution in [3.63, 3.8) is 0 Å². The van der Waals surface area contributed by atoms with Crippen LogP contribution >= 0.6 is 12.4 Å². The maximum absolute atomic E-state index is 12.4. The van der Waals surface area contributed by atoms with Crippen molar-refractivity contribution in [1.82, 2.24) is 9.80 Å². The van der Waals surface area contributed by atoms with Crippen molar-refractivity contribution >= 4 is 18.3 Å². The summed E-state index contributed by atoms with van der Waals surface area (Å²) in [4.78, 5) is 16.3. The molecule has 154 valence electrons. The summed E-state index contributed by atoms with van der Waals surface area (Å²) in [6, 6.07) is 9.22. The van der Waals surface area contributed by atoms with E-state index < -0.39 is 12.8 Å². The first-order valence-corrected chi connectivity index (χ1v) is 8.80. The molecule has 0 radical (unpaired) electrons. The predicted molar refractivity (Wildman–Crippen MR) is 99.7 cm³/mol. The van der Waals surface area contributed by atoms with Crippen LogP contribution in [0.15, 0.2) is 30.3 Å².